The third-order valence-electron chi connectivity index (χ3n) is 6.74. The van der Waals surface area contributed by atoms with Crippen LogP contribution in [0.5, 0.6) is 0 Å². The molecule has 2 heterocycles. The molecule has 0 bridgehead atoms. The number of methoxy groups -OCH3 is 1. The molecule has 1 aliphatic rings. The molecule has 0 aliphatic carbocycles. The van der Waals surface area contributed by atoms with Crippen LogP contribution in [-0.4, -0.2) is 43.0 Å². The van der Waals surface area contributed by atoms with Gasteiger partial charge in [0.15, 0.2) is 5.78 Å². The number of likely N-dealkylation sites (tertiary alicyclic amines) is 1. The first-order valence-electron chi connectivity index (χ1n) is 12.8. The second-order valence-corrected chi connectivity index (χ2v) is 9.29. The molecule has 2 unspecified atom stereocenters. The van der Waals surface area contributed by atoms with Gasteiger partial charge >= 0.3 is 0 Å². The van der Waals surface area contributed by atoms with Gasteiger partial charge in [-0.25, -0.2) is 0 Å². The van der Waals surface area contributed by atoms with Gasteiger partial charge in [-0.15, -0.1) is 0 Å². The number of pyridine rings is 1. The lowest BCUT2D eigenvalue weighted by molar-refractivity contribution is 0.0703. The topological polar surface area (TPSA) is 42.4 Å². The van der Waals surface area contributed by atoms with Crippen LogP contribution in [0.2, 0.25) is 5.02 Å². The summed E-state index contributed by atoms with van der Waals surface area (Å²) in [7, 11) is 3.25. The molecular formula is C30H41ClN2O2. The van der Waals surface area contributed by atoms with Crippen molar-refractivity contribution in [2.45, 2.75) is 53.0 Å². The summed E-state index contributed by atoms with van der Waals surface area (Å²) in [5.41, 5.74) is 2.68. The fraction of sp³-hybridized carbons (Fsp3) is 0.467. The van der Waals surface area contributed by atoms with E-state index in [1.165, 1.54) is 6.42 Å². The minimum atomic E-state index is -0.308. The third-order valence-corrected chi connectivity index (χ3v) is 6.99. The van der Waals surface area contributed by atoms with Crippen molar-refractivity contribution in [3.8, 4) is 0 Å². The van der Waals surface area contributed by atoms with E-state index in [1.807, 2.05) is 56.4 Å². The molecule has 2 aromatic carbocycles. The number of fused-ring (bicyclic) bond motifs is 1. The second-order valence-electron chi connectivity index (χ2n) is 8.86. The van der Waals surface area contributed by atoms with Crippen LogP contribution in [0.1, 0.15) is 68.9 Å². The Hall–Kier alpha value is -2.27. The molecule has 0 amide bonds. The molecule has 0 radical (unpaired) electrons. The number of hydrogen-bond donors (Lipinski definition) is 0. The second kappa shape index (κ2) is 15.0. The molecule has 1 fully saturated rings. The maximum atomic E-state index is 13.8. The van der Waals surface area contributed by atoms with Crippen molar-refractivity contribution in [1.29, 1.82) is 0 Å². The van der Waals surface area contributed by atoms with Crippen molar-refractivity contribution in [2.75, 3.05) is 27.3 Å². The summed E-state index contributed by atoms with van der Waals surface area (Å²) in [5, 5.41) is 1.70. The van der Waals surface area contributed by atoms with E-state index in [1.54, 1.807) is 26.4 Å². The van der Waals surface area contributed by atoms with Gasteiger partial charge in [0, 0.05) is 36.4 Å². The standard InChI is InChI=1S/C26H29ClN2O.C2H6O.C2H6/c1-3-18(2)19-13-16-29(17-14-19)25(26(30)20-8-10-21(27)11-9-20)23-12-15-28-24-7-5-4-6-22(23)24;1-3-2;1-2/h4-12,15,18-19,25H,3,13-14,16-17H2,1-2H3;1-2H3;1-2H3. The highest BCUT2D eigenvalue weighted by molar-refractivity contribution is 6.30. The van der Waals surface area contributed by atoms with Gasteiger partial charge in [-0.1, -0.05) is 63.9 Å². The Bertz CT molecular complexity index is 1020. The minimum Gasteiger partial charge on any atom is -0.388 e. The zero-order chi connectivity index (χ0) is 25.8. The molecule has 0 saturated carbocycles. The molecule has 190 valence electrons. The summed E-state index contributed by atoms with van der Waals surface area (Å²) < 4.78 is 4.25. The number of rotatable bonds is 6. The average Bonchev–Trinajstić information content (AvgIpc) is 2.91. The van der Waals surface area contributed by atoms with Crippen molar-refractivity contribution in [3.05, 3.63) is 76.9 Å². The van der Waals surface area contributed by atoms with Crippen LogP contribution < -0.4 is 0 Å². The highest BCUT2D eigenvalue weighted by Crippen LogP contribution is 2.35. The highest BCUT2D eigenvalue weighted by atomic mass is 35.5. The zero-order valence-electron chi connectivity index (χ0n) is 22.1. The zero-order valence-corrected chi connectivity index (χ0v) is 22.9. The number of Topliss-reactive ketones (excluding diaryl/α,β-unsaturated/α-hetero) is 1. The van der Waals surface area contributed by atoms with Crippen LogP contribution in [-0.2, 0) is 4.74 Å². The van der Waals surface area contributed by atoms with E-state index < -0.39 is 0 Å². The molecule has 0 spiro atoms. The van der Waals surface area contributed by atoms with E-state index in [0.29, 0.717) is 10.6 Å². The molecule has 4 rings (SSSR count). The normalized spacial score (nSPS) is 15.9. The van der Waals surface area contributed by atoms with Crippen LogP contribution in [0.25, 0.3) is 10.9 Å². The van der Waals surface area contributed by atoms with Gasteiger partial charge in [-0.2, -0.15) is 0 Å². The molecule has 35 heavy (non-hydrogen) atoms. The van der Waals surface area contributed by atoms with Gasteiger partial charge in [-0.3, -0.25) is 14.7 Å². The quantitative estimate of drug-likeness (QED) is 0.326. The van der Waals surface area contributed by atoms with Crippen molar-refractivity contribution >= 4 is 28.3 Å². The van der Waals surface area contributed by atoms with Crippen LogP contribution >= 0.6 is 11.6 Å². The van der Waals surface area contributed by atoms with Gasteiger partial charge in [-0.05, 0) is 79.7 Å². The van der Waals surface area contributed by atoms with E-state index in [4.69, 9.17) is 11.6 Å². The monoisotopic (exact) mass is 496 g/mol. The summed E-state index contributed by atoms with van der Waals surface area (Å²) in [5.74, 6) is 1.61. The van der Waals surface area contributed by atoms with Crippen molar-refractivity contribution in [1.82, 2.24) is 9.88 Å². The number of halogens is 1. The molecule has 3 aromatic rings. The van der Waals surface area contributed by atoms with Gasteiger partial charge < -0.3 is 4.74 Å². The number of benzene rings is 2. The number of ether oxygens (including phenoxy) is 1. The lowest BCUT2D eigenvalue weighted by Gasteiger charge is -2.39. The molecule has 1 aromatic heterocycles. The Morgan fingerprint density at radius 3 is 2.26 bits per heavy atom. The highest BCUT2D eigenvalue weighted by Gasteiger charge is 2.33. The Kier molecular flexibility index (Phi) is 12.4. The number of ketones is 1. The maximum absolute atomic E-state index is 13.8. The lowest BCUT2D eigenvalue weighted by Crippen LogP contribution is -2.41. The smallest absolute Gasteiger partial charge is 0.184 e. The molecule has 4 nitrogen and oxygen atoms in total. The SMILES string of the molecule is CC.CCC(C)C1CCN(C(C(=O)c2ccc(Cl)cc2)c2ccnc3ccccc23)CC1.COC. The van der Waals surface area contributed by atoms with E-state index >= 15 is 0 Å². The van der Waals surface area contributed by atoms with E-state index in [-0.39, 0.29) is 11.8 Å². The van der Waals surface area contributed by atoms with Crippen LogP contribution in [0.4, 0.5) is 0 Å². The van der Waals surface area contributed by atoms with Crippen LogP contribution in [0.3, 0.4) is 0 Å². The van der Waals surface area contributed by atoms with Gasteiger partial charge in [0.2, 0.25) is 0 Å². The summed E-state index contributed by atoms with van der Waals surface area (Å²) >= 11 is 6.07. The van der Waals surface area contributed by atoms with Gasteiger partial charge in [0.1, 0.15) is 0 Å². The Labute approximate surface area is 216 Å². The largest absolute Gasteiger partial charge is 0.388 e. The molecule has 2 atom stereocenters. The number of nitrogens with zero attached hydrogens (tertiary/aromatic N) is 2. The minimum absolute atomic E-state index is 0.130. The number of para-hydroxylation sites is 1. The Morgan fingerprint density at radius 1 is 1.06 bits per heavy atom. The maximum Gasteiger partial charge on any atom is 0.184 e. The summed E-state index contributed by atoms with van der Waals surface area (Å²) in [6, 6.07) is 17.1. The summed E-state index contributed by atoms with van der Waals surface area (Å²) in [6.45, 7) is 10.5. The van der Waals surface area contributed by atoms with E-state index in [9.17, 15) is 4.79 Å². The molecular weight excluding hydrogens is 456 g/mol. The Balaban J connectivity index is 0.000000803. The predicted molar refractivity (Wildman–Crippen MR) is 148 cm³/mol. The van der Waals surface area contributed by atoms with Crippen molar-refractivity contribution in [2.24, 2.45) is 11.8 Å². The van der Waals surface area contributed by atoms with Crippen molar-refractivity contribution in [3.63, 3.8) is 0 Å². The molecule has 1 saturated heterocycles. The first kappa shape index (κ1) is 29.0. The summed E-state index contributed by atoms with van der Waals surface area (Å²) in [6.07, 6.45) is 5.32. The molecule has 5 heteroatoms. The van der Waals surface area contributed by atoms with Gasteiger partial charge in [0.05, 0.1) is 11.6 Å². The summed E-state index contributed by atoms with van der Waals surface area (Å²) in [4.78, 5) is 20.7. The van der Waals surface area contributed by atoms with Crippen molar-refractivity contribution < 1.29 is 9.53 Å². The number of piperidine rings is 1. The number of carbonyl (C=O) groups excluding carboxylic acids is 1. The number of aromatic nitrogens is 1. The number of hydrogen-bond acceptors (Lipinski definition) is 4. The number of carbonyl (C=O) groups is 1. The fourth-order valence-electron chi connectivity index (χ4n) is 4.71. The fourth-order valence-corrected chi connectivity index (χ4v) is 4.84. The lowest BCUT2D eigenvalue weighted by atomic mass is 9.82. The van der Waals surface area contributed by atoms with Crippen LogP contribution in [0, 0.1) is 11.8 Å². The van der Waals surface area contributed by atoms with E-state index in [0.717, 1.165) is 54.2 Å². The third kappa shape index (κ3) is 7.60. The van der Waals surface area contributed by atoms with E-state index in [2.05, 4.69) is 34.5 Å². The van der Waals surface area contributed by atoms with Crippen LogP contribution in [0.15, 0.2) is 60.8 Å². The predicted octanol–water partition coefficient (Wildman–Crippen LogP) is 7.86. The molecule has 1 aliphatic heterocycles. The Morgan fingerprint density at radius 2 is 1.66 bits per heavy atom. The average molecular weight is 497 g/mol. The van der Waals surface area contributed by atoms with Gasteiger partial charge in [0.25, 0.3) is 0 Å². The first-order valence-corrected chi connectivity index (χ1v) is 13.2. The first-order chi connectivity index (χ1) is 17.0. The molecule has 0 N–H and O–H groups in total.